The number of carboxylic acid groups (broad SMARTS) is 1. The van der Waals surface area contributed by atoms with Gasteiger partial charge in [-0.1, -0.05) is 66.7 Å². The van der Waals surface area contributed by atoms with Gasteiger partial charge in [0.15, 0.2) is 0 Å². The van der Waals surface area contributed by atoms with Gasteiger partial charge in [0.2, 0.25) is 0 Å². The SMILES string of the molecule is O=C(O)CC1=C(Nc2ccccc2)C(=O)N(c2ccccc2)C1c1ccccc1. The van der Waals surface area contributed by atoms with Crippen molar-refractivity contribution in [1.29, 1.82) is 0 Å². The minimum absolute atomic E-state index is 0.232. The smallest absolute Gasteiger partial charge is 0.307 e. The van der Waals surface area contributed by atoms with E-state index >= 15 is 0 Å². The van der Waals surface area contributed by atoms with Gasteiger partial charge in [-0.05, 0) is 35.4 Å². The molecule has 0 fully saturated rings. The third-order valence-corrected chi connectivity index (χ3v) is 4.88. The molecule has 0 aromatic heterocycles. The second kappa shape index (κ2) is 8.02. The van der Waals surface area contributed by atoms with Crippen LogP contribution >= 0.6 is 0 Å². The Hall–Kier alpha value is -3.86. The van der Waals surface area contributed by atoms with Crippen molar-refractivity contribution in [2.24, 2.45) is 0 Å². The number of hydrogen-bond acceptors (Lipinski definition) is 3. The minimum Gasteiger partial charge on any atom is -0.481 e. The summed E-state index contributed by atoms with van der Waals surface area (Å²) in [7, 11) is 0. The lowest BCUT2D eigenvalue weighted by Crippen LogP contribution is -2.31. The molecular weight excluding hydrogens is 364 g/mol. The topological polar surface area (TPSA) is 69.6 Å². The highest BCUT2D eigenvalue weighted by Gasteiger charge is 2.41. The lowest BCUT2D eigenvalue weighted by molar-refractivity contribution is -0.136. The van der Waals surface area contributed by atoms with Crippen molar-refractivity contribution in [3.05, 3.63) is 108 Å². The van der Waals surface area contributed by atoms with E-state index in [1.165, 1.54) is 0 Å². The van der Waals surface area contributed by atoms with E-state index in [4.69, 9.17) is 0 Å². The quantitative estimate of drug-likeness (QED) is 0.651. The van der Waals surface area contributed by atoms with Gasteiger partial charge >= 0.3 is 5.97 Å². The van der Waals surface area contributed by atoms with Gasteiger partial charge in [0.1, 0.15) is 5.70 Å². The van der Waals surface area contributed by atoms with Crippen molar-refractivity contribution in [1.82, 2.24) is 0 Å². The second-order valence-electron chi connectivity index (χ2n) is 6.79. The highest BCUT2D eigenvalue weighted by atomic mass is 16.4. The molecule has 1 heterocycles. The van der Waals surface area contributed by atoms with E-state index in [1.807, 2.05) is 91.0 Å². The third-order valence-electron chi connectivity index (χ3n) is 4.88. The van der Waals surface area contributed by atoms with Crippen LogP contribution in [0.5, 0.6) is 0 Å². The molecule has 0 spiro atoms. The van der Waals surface area contributed by atoms with Crippen LogP contribution in [0, 0.1) is 0 Å². The summed E-state index contributed by atoms with van der Waals surface area (Å²) in [5, 5.41) is 12.7. The largest absolute Gasteiger partial charge is 0.481 e. The standard InChI is InChI=1S/C24H20N2O3/c27-21(28)16-20-22(25-18-12-6-2-7-13-18)24(29)26(19-14-8-3-9-15-19)23(20)17-10-4-1-5-11-17/h1-15,23,25H,16H2,(H,27,28). The van der Waals surface area contributed by atoms with Gasteiger partial charge in [0, 0.05) is 11.4 Å². The zero-order valence-electron chi connectivity index (χ0n) is 15.7. The molecular formula is C24H20N2O3. The predicted octanol–water partition coefficient (Wildman–Crippen LogP) is 4.62. The van der Waals surface area contributed by atoms with Crippen LogP contribution in [0.1, 0.15) is 18.0 Å². The van der Waals surface area contributed by atoms with E-state index in [-0.39, 0.29) is 12.3 Å². The first-order valence-corrected chi connectivity index (χ1v) is 9.35. The average Bonchev–Trinajstić information content (AvgIpc) is 3.01. The van der Waals surface area contributed by atoms with Gasteiger partial charge in [-0.3, -0.25) is 14.5 Å². The molecule has 1 atom stereocenters. The number of anilines is 2. The third kappa shape index (κ3) is 3.75. The molecule has 3 aromatic rings. The number of hydrogen-bond donors (Lipinski definition) is 2. The fourth-order valence-corrected chi connectivity index (χ4v) is 3.66. The Kier molecular flexibility index (Phi) is 5.12. The predicted molar refractivity (Wildman–Crippen MR) is 112 cm³/mol. The molecule has 2 N–H and O–H groups in total. The summed E-state index contributed by atoms with van der Waals surface area (Å²) in [6.45, 7) is 0. The number of para-hydroxylation sites is 2. The maximum Gasteiger partial charge on any atom is 0.307 e. The number of rotatable bonds is 6. The van der Waals surface area contributed by atoms with Crippen LogP contribution in [-0.4, -0.2) is 17.0 Å². The van der Waals surface area contributed by atoms with Crippen LogP contribution in [0.15, 0.2) is 102 Å². The Morgan fingerprint density at radius 3 is 2.00 bits per heavy atom. The molecule has 0 saturated heterocycles. The van der Waals surface area contributed by atoms with Gasteiger partial charge < -0.3 is 10.4 Å². The van der Waals surface area contributed by atoms with Crippen LogP contribution in [0.3, 0.4) is 0 Å². The van der Waals surface area contributed by atoms with Crippen molar-refractivity contribution in [3.8, 4) is 0 Å². The molecule has 0 saturated carbocycles. The molecule has 1 unspecified atom stereocenters. The van der Waals surface area contributed by atoms with Gasteiger partial charge in [-0.25, -0.2) is 0 Å². The van der Waals surface area contributed by atoms with Crippen LogP contribution in [-0.2, 0) is 9.59 Å². The fraction of sp³-hybridized carbons (Fsp3) is 0.0833. The van der Waals surface area contributed by atoms with Crippen LogP contribution in [0.4, 0.5) is 11.4 Å². The van der Waals surface area contributed by atoms with Crippen molar-refractivity contribution >= 4 is 23.3 Å². The lowest BCUT2D eigenvalue weighted by atomic mass is 9.96. The van der Waals surface area contributed by atoms with Crippen molar-refractivity contribution in [2.45, 2.75) is 12.5 Å². The first-order valence-electron chi connectivity index (χ1n) is 9.35. The second-order valence-corrected chi connectivity index (χ2v) is 6.79. The number of nitrogens with one attached hydrogen (secondary N) is 1. The minimum atomic E-state index is -0.976. The first kappa shape index (κ1) is 18.5. The number of carbonyl (C=O) groups excluding carboxylic acids is 1. The molecule has 0 bridgehead atoms. The van der Waals surface area contributed by atoms with E-state index in [0.29, 0.717) is 11.3 Å². The molecule has 3 aromatic carbocycles. The first-order chi connectivity index (χ1) is 14.1. The average molecular weight is 384 g/mol. The van der Waals surface area contributed by atoms with Gasteiger partial charge in [-0.2, -0.15) is 0 Å². The van der Waals surface area contributed by atoms with Crippen molar-refractivity contribution < 1.29 is 14.7 Å². The van der Waals surface area contributed by atoms with Crippen molar-refractivity contribution in [3.63, 3.8) is 0 Å². The zero-order valence-corrected chi connectivity index (χ0v) is 15.7. The number of amides is 1. The van der Waals surface area contributed by atoms with Crippen molar-refractivity contribution in [2.75, 3.05) is 10.2 Å². The Bertz CT molecular complexity index is 1050. The summed E-state index contributed by atoms with van der Waals surface area (Å²) >= 11 is 0. The molecule has 29 heavy (non-hydrogen) atoms. The molecule has 5 heteroatoms. The highest BCUT2D eigenvalue weighted by molar-refractivity contribution is 6.12. The van der Waals surface area contributed by atoms with Gasteiger partial charge in [0.05, 0.1) is 12.5 Å². The Morgan fingerprint density at radius 1 is 0.862 bits per heavy atom. The maximum absolute atomic E-state index is 13.5. The molecule has 0 aliphatic carbocycles. The molecule has 1 aliphatic heterocycles. The Labute approximate surface area is 168 Å². The van der Waals surface area contributed by atoms with E-state index in [2.05, 4.69) is 5.32 Å². The fourth-order valence-electron chi connectivity index (χ4n) is 3.66. The summed E-state index contributed by atoms with van der Waals surface area (Å²) in [4.78, 5) is 26.9. The Balaban J connectivity index is 1.87. The van der Waals surface area contributed by atoms with E-state index in [9.17, 15) is 14.7 Å². The summed E-state index contributed by atoms with van der Waals surface area (Å²) < 4.78 is 0. The highest BCUT2D eigenvalue weighted by Crippen LogP contribution is 2.42. The van der Waals surface area contributed by atoms with E-state index < -0.39 is 12.0 Å². The molecule has 1 aliphatic rings. The van der Waals surface area contributed by atoms with E-state index in [0.717, 1.165) is 16.9 Å². The molecule has 1 amide bonds. The van der Waals surface area contributed by atoms with Gasteiger partial charge in [0.25, 0.3) is 5.91 Å². The number of benzene rings is 3. The summed E-state index contributed by atoms with van der Waals surface area (Å²) in [6, 6.07) is 27.7. The molecule has 4 rings (SSSR count). The number of carbonyl (C=O) groups is 2. The van der Waals surface area contributed by atoms with Crippen LogP contribution < -0.4 is 10.2 Å². The Morgan fingerprint density at radius 2 is 1.41 bits per heavy atom. The lowest BCUT2D eigenvalue weighted by Gasteiger charge is -2.27. The number of aliphatic carboxylic acids is 1. The molecule has 0 radical (unpaired) electrons. The number of carboxylic acids is 1. The monoisotopic (exact) mass is 384 g/mol. The summed E-state index contributed by atoms with van der Waals surface area (Å²) in [6.07, 6.45) is -0.232. The van der Waals surface area contributed by atoms with Crippen LogP contribution in [0.25, 0.3) is 0 Å². The summed E-state index contributed by atoms with van der Waals surface area (Å²) in [5.41, 5.74) is 3.18. The zero-order chi connectivity index (χ0) is 20.2. The number of nitrogens with zero attached hydrogens (tertiary/aromatic N) is 1. The normalized spacial score (nSPS) is 16.2. The van der Waals surface area contributed by atoms with E-state index in [1.54, 1.807) is 4.90 Å². The van der Waals surface area contributed by atoms with Crippen LogP contribution in [0.2, 0.25) is 0 Å². The maximum atomic E-state index is 13.5. The molecule has 144 valence electrons. The molecule has 5 nitrogen and oxygen atoms in total. The van der Waals surface area contributed by atoms with Gasteiger partial charge in [-0.15, -0.1) is 0 Å². The summed E-state index contributed by atoms with van der Waals surface area (Å²) in [5.74, 6) is -1.22.